The minimum atomic E-state index is -0.329. The van der Waals surface area contributed by atoms with Crippen LogP contribution in [0.3, 0.4) is 0 Å². The fraction of sp³-hybridized carbons (Fsp3) is 0.318. The molecule has 8 heteroatoms. The number of anilines is 1. The Kier molecular flexibility index (Phi) is 7.26. The first-order valence-corrected chi connectivity index (χ1v) is 9.78. The molecule has 2 aromatic carbocycles. The molecule has 0 atom stereocenters. The Morgan fingerprint density at radius 1 is 0.933 bits per heavy atom. The third-order valence-corrected chi connectivity index (χ3v) is 4.52. The number of rotatable bonds is 10. The normalized spacial score (nSPS) is 12.6. The van der Waals surface area contributed by atoms with Crippen LogP contribution >= 0.6 is 0 Å². The van der Waals surface area contributed by atoms with E-state index < -0.39 is 0 Å². The molecule has 8 nitrogen and oxygen atoms in total. The SMILES string of the molecule is COc1ccccc1OCC(=O)Nc1ccc(C(=O)NCCNC(=O)C2CC2)cc1. The largest absolute Gasteiger partial charge is 0.493 e. The van der Waals surface area contributed by atoms with E-state index in [0.29, 0.717) is 35.8 Å². The summed E-state index contributed by atoms with van der Waals surface area (Å²) < 4.78 is 10.7. The lowest BCUT2D eigenvalue weighted by atomic mass is 10.2. The molecule has 0 spiro atoms. The number of amides is 3. The average Bonchev–Trinajstić information content (AvgIpc) is 3.61. The summed E-state index contributed by atoms with van der Waals surface area (Å²) in [6, 6.07) is 13.6. The van der Waals surface area contributed by atoms with E-state index in [2.05, 4.69) is 16.0 Å². The Morgan fingerprint density at radius 2 is 1.60 bits per heavy atom. The van der Waals surface area contributed by atoms with Gasteiger partial charge in [0.15, 0.2) is 18.1 Å². The summed E-state index contributed by atoms with van der Waals surface area (Å²) >= 11 is 0. The lowest BCUT2D eigenvalue weighted by molar-refractivity contribution is -0.122. The standard InChI is InChI=1S/C22H25N3O5/c1-29-18-4-2-3-5-19(18)30-14-20(26)25-17-10-8-16(9-11-17)22(28)24-13-12-23-21(27)15-6-7-15/h2-5,8-11,15H,6-7,12-14H2,1H3,(H,23,27)(H,24,28)(H,25,26). The number of benzene rings is 2. The van der Waals surface area contributed by atoms with Crippen molar-refractivity contribution in [3.05, 3.63) is 54.1 Å². The molecule has 0 saturated heterocycles. The molecule has 3 N–H and O–H groups in total. The minimum absolute atomic E-state index is 0.0547. The predicted molar refractivity (Wildman–Crippen MR) is 112 cm³/mol. The first-order valence-electron chi connectivity index (χ1n) is 9.78. The van der Waals surface area contributed by atoms with E-state index in [4.69, 9.17) is 9.47 Å². The topological polar surface area (TPSA) is 106 Å². The third-order valence-electron chi connectivity index (χ3n) is 4.52. The molecule has 0 heterocycles. The summed E-state index contributed by atoms with van der Waals surface area (Å²) in [5.41, 5.74) is 1.02. The summed E-state index contributed by atoms with van der Waals surface area (Å²) in [4.78, 5) is 35.8. The van der Waals surface area contributed by atoms with Crippen LogP contribution in [0.1, 0.15) is 23.2 Å². The lowest BCUT2D eigenvalue weighted by Crippen LogP contribution is -2.35. The van der Waals surface area contributed by atoms with Crippen LogP contribution in [0.4, 0.5) is 5.69 Å². The van der Waals surface area contributed by atoms with Gasteiger partial charge in [0.05, 0.1) is 7.11 Å². The van der Waals surface area contributed by atoms with Gasteiger partial charge in [-0.2, -0.15) is 0 Å². The smallest absolute Gasteiger partial charge is 0.262 e. The van der Waals surface area contributed by atoms with E-state index in [1.165, 1.54) is 7.11 Å². The quantitative estimate of drug-likeness (QED) is 0.519. The van der Waals surface area contributed by atoms with Crippen LogP contribution < -0.4 is 25.4 Å². The Hall–Kier alpha value is -3.55. The van der Waals surface area contributed by atoms with Gasteiger partial charge in [-0.3, -0.25) is 14.4 Å². The lowest BCUT2D eigenvalue weighted by Gasteiger charge is -2.11. The van der Waals surface area contributed by atoms with Crippen LogP contribution in [0.5, 0.6) is 11.5 Å². The van der Waals surface area contributed by atoms with E-state index in [1.54, 1.807) is 42.5 Å². The van der Waals surface area contributed by atoms with Crippen molar-refractivity contribution >= 4 is 23.4 Å². The fourth-order valence-electron chi connectivity index (χ4n) is 2.74. The van der Waals surface area contributed by atoms with E-state index in [1.807, 2.05) is 6.07 Å². The molecule has 3 amide bonds. The van der Waals surface area contributed by atoms with Crippen molar-refractivity contribution in [2.75, 3.05) is 32.1 Å². The van der Waals surface area contributed by atoms with Crippen molar-refractivity contribution in [2.24, 2.45) is 5.92 Å². The summed E-state index contributed by atoms with van der Waals surface area (Å²) in [5.74, 6) is 0.670. The van der Waals surface area contributed by atoms with Crippen molar-refractivity contribution in [3.63, 3.8) is 0 Å². The van der Waals surface area contributed by atoms with Crippen LogP contribution in [0.25, 0.3) is 0 Å². The molecule has 0 aliphatic heterocycles. The minimum Gasteiger partial charge on any atom is -0.493 e. The Balaban J connectivity index is 1.40. The van der Waals surface area contributed by atoms with E-state index in [-0.39, 0.29) is 30.2 Å². The maximum atomic E-state index is 12.1. The Bertz CT molecular complexity index is 894. The second-order valence-corrected chi connectivity index (χ2v) is 6.89. The molecule has 158 valence electrons. The van der Waals surface area contributed by atoms with Crippen molar-refractivity contribution in [1.29, 1.82) is 0 Å². The molecule has 1 aliphatic rings. The first-order chi connectivity index (χ1) is 14.6. The van der Waals surface area contributed by atoms with Gasteiger partial charge >= 0.3 is 0 Å². The zero-order valence-electron chi connectivity index (χ0n) is 16.8. The number of nitrogens with one attached hydrogen (secondary N) is 3. The number of hydrogen-bond acceptors (Lipinski definition) is 5. The molecular formula is C22H25N3O5. The highest BCUT2D eigenvalue weighted by Gasteiger charge is 2.28. The van der Waals surface area contributed by atoms with Gasteiger partial charge < -0.3 is 25.4 Å². The van der Waals surface area contributed by atoms with Gasteiger partial charge in [0, 0.05) is 30.3 Å². The molecular weight excluding hydrogens is 386 g/mol. The maximum absolute atomic E-state index is 12.1. The van der Waals surface area contributed by atoms with Gasteiger partial charge in [-0.25, -0.2) is 0 Å². The van der Waals surface area contributed by atoms with Gasteiger partial charge in [-0.05, 0) is 49.2 Å². The monoisotopic (exact) mass is 411 g/mol. The van der Waals surface area contributed by atoms with Crippen LogP contribution in [0.2, 0.25) is 0 Å². The summed E-state index contributed by atoms with van der Waals surface area (Å²) in [6.45, 7) is 0.590. The van der Waals surface area contributed by atoms with Crippen LogP contribution in [-0.4, -0.2) is 44.5 Å². The first kappa shape index (κ1) is 21.2. The zero-order chi connectivity index (χ0) is 21.3. The summed E-state index contributed by atoms with van der Waals surface area (Å²) in [7, 11) is 1.53. The van der Waals surface area contributed by atoms with Gasteiger partial charge in [0.2, 0.25) is 5.91 Å². The van der Waals surface area contributed by atoms with E-state index in [9.17, 15) is 14.4 Å². The van der Waals surface area contributed by atoms with Crippen LogP contribution in [0, 0.1) is 5.92 Å². The highest BCUT2D eigenvalue weighted by molar-refractivity contribution is 5.96. The molecule has 0 aromatic heterocycles. The molecule has 30 heavy (non-hydrogen) atoms. The Labute approximate surface area is 174 Å². The van der Waals surface area contributed by atoms with E-state index >= 15 is 0 Å². The molecule has 1 fully saturated rings. The average molecular weight is 411 g/mol. The highest BCUT2D eigenvalue weighted by atomic mass is 16.5. The number of ether oxygens (including phenoxy) is 2. The number of carbonyl (C=O) groups is 3. The second-order valence-electron chi connectivity index (χ2n) is 6.89. The number of para-hydroxylation sites is 2. The predicted octanol–water partition coefficient (Wildman–Crippen LogP) is 1.97. The number of methoxy groups -OCH3 is 1. The fourth-order valence-corrected chi connectivity index (χ4v) is 2.74. The number of hydrogen-bond donors (Lipinski definition) is 3. The second kappa shape index (κ2) is 10.3. The number of carbonyl (C=O) groups excluding carboxylic acids is 3. The summed E-state index contributed by atoms with van der Waals surface area (Å²) in [5, 5.41) is 8.26. The van der Waals surface area contributed by atoms with E-state index in [0.717, 1.165) is 12.8 Å². The molecule has 1 aliphatic carbocycles. The van der Waals surface area contributed by atoms with Gasteiger partial charge in [-0.1, -0.05) is 12.1 Å². The van der Waals surface area contributed by atoms with Gasteiger partial charge in [0.1, 0.15) is 0 Å². The summed E-state index contributed by atoms with van der Waals surface area (Å²) in [6.07, 6.45) is 1.90. The van der Waals surface area contributed by atoms with Crippen LogP contribution in [0.15, 0.2) is 48.5 Å². The zero-order valence-corrected chi connectivity index (χ0v) is 16.8. The maximum Gasteiger partial charge on any atom is 0.262 e. The van der Waals surface area contributed by atoms with Gasteiger partial charge in [-0.15, -0.1) is 0 Å². The van der Waals surface area contributed by atoms with Crippen LogP contribution in [-0.2, 0) is 9.59 Å². The Morgan fingerprint density at radius 3 is 2.27 bits per heavy atom. The molecule has 0 bridgehead atoms. The van der Waals surface area contributed by atoms with Crippen molar-refractivity contribution in [3.8, 4) is 11.5 Å². The molecule has 2 aromatic rings. The van der Waals surface area contributed by atoms with Crippen molar-refractivity contribution in [2.45, 2.75) is 12.8 Å². The van der Waals surface area contributed by atoms with Gasteiger partial charge in [0.25, 0.3) is 11.8 Å². The molecule has 1 saturated carbocycles. The van der Waals surface area contributed by atoms with Crippen molar-refractivity contribution in [1.82, 2.24) is 10.6 Å². The molecule has 3 rings (SSSR count). The van der Waals surface area contributed by atoms with Crippen molar-refractivity contribution < 1.29 is 23.9 Å². The molecule has 0 unspecified atom stereocenters. The highest BCUT2D eigenvalue weighted by Crippen LogP contribution is 2.28. The third kappa shape index (κ3) is 6.23. The molecule has 0 radical (unpaired) electrons.